The Bertz CT molecular complexity index is 870. The smallest absolute Gasteiger partial charge is 0.258 e. The zero-order valence-electron chi connectivity index (χ0n) is 13.3. The fourth-order valence-electron chi connectivity index (χ4n) is 2.92. The van der Waals surface area contributed by atoms with Crippen molar-refractivity contribution in [3.63, 3.8) is 0 Å². The first kappa shape index (κ1) is 16.6. The van der Waals surface area contributed by atoms with E-state index in [2.05, 4.69) is 0 Å². The van der Waals surface area contributed by atoms with Gasteiger partial charge in [0, 0.05) is 25.2 Å². The largest absolute Gasteiger partial charge is 0.270 e. The standard InChI is InChI=1S/C17H18N2O4S/c1-13-4-7-15(19(20)21)12-17(13)14-5-8-16(9-6-14)24(22,23)18-10-2-3-11-18/h4-9,12H,2-3,10-11H2,1H3. The molecule has 0 unspecified atom stereocenters. The van der Waals surface area contributed by atoms with Crippen molar-refractivity contribution in [2.45, 2.75) is 24.7 Å². The molecule has 2 aromatic carbocycles. The van der Waals surface area contributed by atoms with Crippen LogP contribution in [-0.2, 0) is 10.0 Å². The zero-order valence-corrected chi connectivity index (χ0v) is 14.1. The molecule has 7 heteroatoms. The maximum Gasteiger partial charge on any atom is 0.270 e. The Kier molecular flexibility index (Phi) is 4.38. The first-order valence-electron chi connectivity index (χ1n) is 7.75. The van der Waals surface area contributed by atoms with Gasteiger partial charge in [-0.15, -0.1) is 0 Å². The van der Waals surface area contributed by atoms with Gasteiger partial charge < -0.3 is 0 Å². The van der Waals surface area contributed by atoms with Crippen LogP contribution >= 0.6 is 0 Å². The summed E-state index contributed by atoms with van der Waals surface area (Å²) in [7, 11) is -3.44. The molecular weight excluding hydrogens is 328 g/mol. The highest BCUT2D eigenvalue weighted by atomic mass is 32.2. The van der Waals surface area contributed by atoms with Crippen molar-refractivity contribution < 1.29 is 13.3 Å². The topological polar surface area (TPSA) is 80.5 Å². The van der Waals surface area contributed by atoms with Gasteiger partial charge in [0.05, 0.1) is 9.82 Å². The summed E-state index contributed by atoms with van der Waals surface area (Å²) in [6.07, 6.45) is 1.79. The van der Waals surface area contributed by atoms with Gasteiger partial charge in [-0.2, -0.15) is 4.31 Å². The summed E-state index contributed by atoms with van der Waals surface area (Å²) in [5, 5.41) is 10.9. The van der Waals surface area contributed by atoms with Crippen LogP contribution in [0.4, 0.5) is 5.69 Å². The Labute approximate surface area is 140 Å². The molecule has 0 N–H and O–H groups in total. The molecule has 0 bridgehead atoms. The van der Waals surface area contributed by atoms with Crippen molar-refractivity contribution in [1.82, 2.24) is 4.31 Å². The van der Waals surface area contributed by atoms with Crippen LogP contribution in [0.25, 0.3) is 11.1 Å². The third kappa shape index (κ3) is 3.05. The summed E-state index contributed by atoms with van der Waals surface area (Å²) in [4.78, 5) is 10.8. The molecular formula is C17H18N2O4S. The average molecular weight is 346 g/mol. The third-order valence-electron chi connectivity index (χ3n) is 4.30. The third-order valence-corrected chi connectivity index (χ3v) is 6.21. The van der Waals surface area contributed by atoms with Crippen molar-refractivity contribution >= 4 is 15.7 Å². The number of rotatable bonds is 4. The van der Waals surface area contributed by atoms with E-state index >= 15 is 0 Å². The number of sulfonamides is 1. The van der Waals surface area contributed by atoms with Gasteiger partial charge in [-0.1, -0.05) is 18.2 Å². The Hall–Kier alpha value is -2.25. The van der Waals surface area contributed by atoms with Crippen LogP contribution in [0.15, 0.2) is 47.4 Å². The Morgan fingerprint density at radius 3 is 2.25 bits per heavy atom. The predicted octanol–water partition coefficient (Wildman–Crippen LogP) is 3.35. The molecule has 1 aliphatic heterocycles. The monoisotopic (exact) mass is 346 g/mol. The normalized spacial score (nSPS) is 15.5. The average Bonchev–Trinajstić information content (AvgIpc) is 3.10. The van der Waals surface area contributed by atoms with Gasteiger partial charge in [-0.3, -0.25) is 10.1 Å². The van der Waals surface area contributed by atoms with E-state index in [0.717, 1.165) is 29.5 Å². The number of nitrogens with zero attached hydrogens (tertiary/aromatic N) is 2. The SMILES string of the molecule is Cc1ccc([N+](=O)[O-])cc1-c1ccc(S(=O)(=O)N2CCCC2)cc1. The molecule has 0 saturated carbocycles. The van der Waals surface area contributed by atoms with Gasteiger partial charge in [0.25, 0.3) is 5.69 Å². The fourth-order valence-corrected chi connectivity index (χ4v) is 4.44. The number of benzene rings is 2. The minimum atomic E-state index is -3.44. The summed E-state index contributed by atoms with van der Waals surface area (Å²) in [5.41, 5.74) is 2.41. The van der Waals surface area contributed by atoms with E-state index in [9.17, 15) is 18.5 Å². The van der Waals surface area contributed by atoms with Crippen LogP contribution in [0.3, 0.4) is 0 Å². The number of non-ortho nitro benzene ring substituents is 1. The van der Waals surface area contributed by atoms with Crippen molar-refractivity contribution in [3.8, 4) is 11.1 Å². The molecule has 3 rings (SSSR count). The van der Waals surface area contributed by atoms with Gasteiger partial charge in [-0.25, -0.2) is 8.42 Å². The van der Waals surface area contributed by atoms with Crippen LogP contribution in [0.1, 0.15) is 18.4 Å². The highest BCUT2D eigenvalue weighted by molar-refractivity contribution is 7.89. The van der Waals surface area contributed by atoms with Crippen molar-refractivity contribution in [3.05, 3.63) is 58.1 Å². The number of aryl methyl sites for hydroxylation is 1. The van der Waals surface area contributed by atoms with E-state index in [1.165, 1.54) is 16.4 Å². The minimum absolute atomic E-state index is 0.0179. The molecule has 1 fully saturated rings. The lowest BCUT2D eigenvalue weighted by Crippen LogP contribution is -2.27. The van der Waals surface area contributed by atoms with Crippen LogP contribution in [-0.4, -0.2) is 30.7 Å². The van der Waals surface area contributed by atoms with Crippen molar-refractivity contribution in [2.75, 3.05) is 13.1 Å². The highest BCUT2D eigenvalue weighted by Gasteiger charge is 2.27. The maximum absolute atomic E-state index is 12.5. The summed E-state index contributed by atoms with van der Waals surface area (Å²) in [6.45, 7) is 3.00. The first-order valence-corrected chi connectivity index (χ1v) is 9.19. The summed E-state index contributed by atoms with van der Waals surface area (Å²) >= 11 is 0. The Balaban J connectivity index is 1.95. The predicted molar refractivity (Wildman–Crippen MR) is 91.3 cm³/mol. The van der Waals surface area contributed by atoms with E-state index in [0.29, 0.717) is 13.1 Å². The Morgan fingerprint density at radius 1 is 1.04 bits per heavy atom. The lowest BCUT2D eigenvalue weighted by Gasteiger charge is -2.15. The van der Waals surface area contributed by atoms with Gasteiger partial charge >= 0.3 is 0 Å². The molecule has 0 aliphatic carbocycles. The second-order valence-electron chi connectivity index (χ2n) is 5.89. The first-order chi connectivity index (χ1) is 11.4. The summed E-state index contributed by atoms with van der Waals surface area (Å²) in [5.74, 6) is 0. The molecule has 6 nitrogen and oxygen atoms in total. The number of nitro groups is 1. The number of hydrogen-bond donors (Lipinski definition) is 0. The highest BCUT2D eigenvalue weighted by Crippen LogP contribution is 2.29. The summed E-state index contributed by atoms with van der Waals surface area (Å²) < 4.78 is 26.6. The van der Waals surface area contributed by atoms with E-state index in [-0.39, 0.29) is 10.6 Å². The number of nitro benzene ring substituents is 1. The van der Waals surface area contributed by atoms with Crippen LogP contribution < -0.4 is 0 Å². The van der Waals surface area contributed by atoms with Crippen LogP contribution in [0.5, 0.6) is 0 Å². The fraction of sp³-hybridized carbons (Fsp3) is 0.294. The molecule has 0 spiro atoms. The molecule has 24 heavy (non-hydrogen) atoms. The van der Waals surface area contributed by atoms with Crippen LogP contribution in [0, 0.1) is 17.0 Å². The van der Waals surface area contributed by atoms with E-state index in [1.54, 1.807) is 30.3 Å². The maximum atomic E-state index is 12.5. The summed E-state index contributed by atoms with van der Waals surface area (Å²) in [6, 6.07) is 11.2. The Morgan fingerprint density at radius 2 is 1.67 bits per heavy atom. The van der Waals surface area contributed by atoms with E-state index < -0.39 is 14.9 Å². The van der Waals surface area contributed by atoms with Gasteiger partial charge in [0.1, 0.15) is 0 Å². The number of hydrogen-bond acceptors (Lipinski definition) is 4. The van der Waals surface area contributed by atoms with Gasteiger partial charge in [-0.05, 0) is 48.6 Å². The van der Waals surface area contributed by atoms with E-state index in [1.807, 2.05) is 6.92 Å². The van der Waals surface area contributed by atoms with Crippen LogP contribution in [0.2, 0.25) is 0 Å². The van der Waals surface area contributed by atoms with E-state index in [4.69, 9.17) is 0 Å². The van der Waals surface area contributed by atoms with Crippen molar-refractivity contribution in [1.29, 1.82) is 0 Å². The molecule has 0 amide bonds. The molecule has 126 valence electrons. The molecule has 0 atom stereocenters. The van der Waals surface area contributed by atoms with Crippen molar-refractivity contribution in [2.24, 2.45) is 0 Å². The molecule has 1 saturated heterocycles. The van der Waals surface area contributed by atoms with Gasteiger partial charge in [0.2, 0.25) is 10.0 Å². The quantitative estimate of drug-likeness (QED) is 0.628. The second kappa shape index (κ2) is 6.33. The molecule has 1 heterocycles. The molecule has 2 aromatic rings. The second-order valence-corrected chi connectivity index (χ2v) is 7.83. The molecule has 0 radical (unpaired) electrons. The van der Waals surface area contributed by atoms with Gasteiger partial charge in [0.15, 0.2) is 0 Å². The zero-order chi connectivity index (χ0) is 17.3. The lowest BCUT2D eigenvalue weighted by atomic mass is 10.00. The molecule has 0 aromatic heterocycles. The minimum Gasteiger partial charge on any atom is -0.258 e. The molecule has 1 aliphatic rings. The lowest BCUT2D eigenvalue weighted by molar-refractivity contribution is -0.384.